The number of methoxy groups -OCH3 is 1. The van der Waals surface area contributed by atoms with Gasteiger partial charge in [0.2, 0.25) is 0 Å². The lowest BCUT2D eigenvalue weighted by Crippen LogP contribution is -2.14. The van der Waals surface area contributed by atoms with Crippen LogP contribution in [0.25, 0.3) is 11.3 Å². The molecular formula is C24H23ClN4O. The van der Waals surface area contributed by atoms with E-state index in [1.807, 2.05) is 54.6 Å². The fraction of sp³-hybridized carbons (Fsp3) is 0.167. The largest absolute Gasteiger partial charge is 0.497 e. The van der Waals surface area contributed by atoms with Crippen LogP contribution in [0.4, 0.5) is 0 Å². The standard InChI is InChI=1S/C24H23ClN4O/c1-30-22-12-10-18(11-13-22)15-26-16-23-24(20-7-3-2-4-8-20)28-29(27-23)17-19-6-5-9-21(25)14-19/h2-14,26H,15-17H2,1H3. The van der Waals surface area contributed by atoms with E-state index in [0.717, 1.165) is 34.8 Å². The van der Waals surface area contributed by atoms with Gasteiger partial charge in [-0.1, -0.05) is 66.2 Å². The van der Waals surface area contributed by atoms with Gasteiger partial charge in [0.25, 0.3) is 0 Å². The SMILES string of the molecule is COc1ccc(CNCc2nn(Cc3cccc(Cl)c3)nc2-c2ccccc2)cc1. The van der Waals surface area contributed by atoms with Crippen LogP contribution in [0.5, 0.6) is 5.75 Å². The molecule has 0 amide bonds. The molecule has 0 unspecified atom stereocenters. The Labute approximate surface area is 181 Å². The van der Waals surface area contributed by atoms with Crippen LogP contribution in [0.2, 0.25) is 5.02 Å². The zero-order valence-corrected chi connectivity index (χ0v) is 17.5. The Hall–Kier alpha value is -3.15. The van der Waals surface area contributed by atoms with Crippen molar-refractivity contribution in [3.63, 3.8) is 0 Å². The maximum atomic E-state index is 6.12. The van der Waals surface area contributed by atoms with E-state index >= 15 is 0 Å². The van der Waals surface area contributed by atoms with Crippen LogP contribution in [0.15, 0.2) is 78.9 Å². The lowest BCUT2D eigenvalue weighted by atomic mass is 10.1. The fourth-order valence-electron chi connectivity index (χ4n) is 3.26. The molecule has 0 radical (unpaired) electrons. The molecule has 0 bridgehead atoms. The quantitative estimate of drug-likeness (QED) is 0.440. The minimum Gasteiger partial charge on any atom is -0.497 e. The first kappa shape index (κ1) is 20.1. The first-order valence-electron chi connectivity index (χ1n) is 9.79. The topological polar surface area (TPSA) is 52.0 Å². The van der Waals surface area contributed by atoms with E-state index in [4.69, 9.17) is 26.5 Å². The molecule has 1 heterocycles. The van der Waals surface area contributed by atoms with E-state index in [1.54, 1.807) is 11.9 Å². The molecule has 0 spiro atoms. The van der Waals surface area contributed by atoms with Gasteiger partial charge in [-0.15, -0.1) is 0 Å². The van der Waals surface area contributed by atoms with Gasteiger partial charge in [0, 0.05) is 23.7 Å². The predicted molar refractivity (Wildman–Crippen MR) is 120 cm³/mol. The number of benzene rings is 3. The summed E-state index contributed by atoms with van der Waals surface area (Å²) >= 11 is 6.12. The summed E-state index contributed by atoms with van der Waals surface area (Å²) in [6.45, 7) is 1.92. The number of aromatic nitrogens is 3. The summed E-state index contributed by atoms with van der Waals surface area (Å²) in [5.74, 6) is 0.856. The maximum Gasteiger partial charge on any atom is 0.118 e. The molecule has 4 aromatic rings. The van der Waals surface area contributed by atoms with E-state index in [9.17, 15) is 0 Å². The second-order valence-electron chi connectivity index (χ2n) is 6.97. The van der Waals surface area contributed by atoms with E-state index in [-0.39, 0.29) is 0 Å². The second kappa shape index (κ2) is 9.57. The molecular weight excluding hydrogens is 396 g/mol. The van der Waals surface area contributed by atoms with Crippen molar-refractivity contribution in [2.75, 3.05) is 7.11 Å². The van der Waals surface area contributed by atoms with Gasteiger partial charge in [-0.25, -0.2) is 0 Å². The number of halogens is 1. The number of nitrogens with one attached hydrogen (secondary N) is 1. The minimum absolute atomic E-state index is 0.568. The van der Waals surface area contributed by atoms with Gasteiger partial charge < -0.3 is 10.1 Å². The molecule has 5 nitrogen and oxygen atoms in total. The molecule has 0 atom stereocenters. The van der Waals surface area contributed by atoms with Crippen molar-refractivity contribution in [2.24, 2.45) is 0 Å². The Morgan fingerprint density at radius 2 is 1.67 bits per heavy atom. The Bertz CT molecular complexity index is 1090. The van der Waals surface area contributed by atoms with Crippen molar-refractivity contribution >= 4 is 11.6 Å². The van der Waals surface area contributed by atoms with Crippen LogP contribution in [-0.4, -0.2) is 22.1 Å². The van der Waals surface area contributed by atoms with Gasteiger partial charge >= 0.3 is 0 Å². The molecule has 30 heavy (non-hydrogen) atoms. The smallest absolute Gasteiger partial charge is 0.118 e. The molecule has 152 valence electrons. The van der Waals surface area contributed by atoms with Crippen LogP contribution in [-0.2, 0) is 19.6 Å². The van der Waals surface area contributed by atoms with Crippen LogP contribution in [0.3, 0.4) is 0 Å². The molecule has 0 saturated heterocycles. The highest BCUT2D eigenvalue weighted by Crippen LogP contribution is 2.21. The van der Waals surface area contributed by atoms with Gasteiger partial charge in [0.1, 0.15) is 17.1 Å². The Morgan fingerprint density at radius 1 is 0.867 bits per heavy atom. The van der Waals surface area contributed by atoms with Gasteiger partial charge in [-0.2, -0.15) is 15.0 Å². The van der Waals surface area contributed by atoms with E-state index in [0.29, 0.717) is 18.1 Å². The average molecular weight is 419 g/mol. The van der Waals surface area contributed by atoms with Crippen LogP contribution in [0, 0.1) is 0 Å². The molecule has 0 aliphatic heterocycles. The monoisotopic (exact) mass is 418 g/mol. The van der Waals surface area contributed by atoms with Crippen LogP contribution in [0.1, 0.15) is 16.8 Å². The van der Waals surface area contributed by atoms with Crippen molar-refractivity contribution < 1.29 is 4.74 Å². The van der Waals surface area contributed by atoms with Crippen molar-refractivity contribution in [1.29, 1.82) is 0 Å². The molecule has 0 fully saturated rings. The lowest BCUT2D eigenvalue weighted by Gasteiger charge is -2.06. The number of rotatable bonds is 8. The molecule has 1 N–H and O–H groups in total. The Balaban J connectivity index is 1.51. The molecule has 0 aliphatic carbocycles. The highest BCUT2D eigenvalue weighted by atomic mass is 35.5. The van der Waals surface area contributed by atoms with Gasteiger partial charge in [0.05, 0.1) is 13.7 Å². The van der Waals surface area contributed by atoms with Crippen LogP contribution < -0.4 is 10.1 Å². The third-order valence-electron chi connectivity index (χ3n) is 4.77. The van der Waals surface area contributed by atoms with Crippen molar-refractivity contribution in [3.8, 4) is 17.0 Å². The summed E-state index contributed by atoms with van der Waals surface area (Å²) in [7, 11) is 1.67. The average Bonchev–Trinajstić information content (AvgIpc) is 3.17. The van der Waals surface area contributed by atoms with E-state index in [1.165, 1.54) is 5.56 Å². The highest BCUT2D eigenvalue weighted by molar-refractivity contribution is 6.30. The number of hydrogen-bond acceptors (Lipinski definition) is 4. The first-order valence-corrected chi connectivity index (χ1v) is 10.2. The number of ether oxygens (including phenoxy) is 1. The lowest BCUT2D eigenvalue weighted by molar-refractivity contribution is 0.414. The number of hydrogen-bond donors (Lipinski definition) is 1. The van der Waals surface area contributed by atoms with E-state index < -0.39 is 0 Å². The number of nitrogens with zero attached hydrogens (tertiary/aromatic N) is 3. The molecule has 0 saturated carbocycles. The van der Waals surface area contributed by atoms with Crippen molar-refractivity contribution in [2.45, 2.75) is 19.6 Å². The summed E-state index contributed by atoms with van der Waals surface area (Å²) in [5, 5.41) is 13.7. The van der Waals surface area contributed by atoms with Gasteiger partial charge in [-0.05, 0) is 35.4 Å². The summed E-state index contributed by atoms with van der Waals surface area (Å²) in [4.78, 5) is 1.73. The molecule has 0 aliphatic rings. The predicted octanol–water partition coefficient (Wildman–Crippen LogP) is 4.95. The van der Waals surface area contributed by atoms with Crippen molar-refractivity contribution in [1.82, 2.24) is 20.3 Å². The minimum atomic E-state index is 0.568. The fourth-order valence-corrected chi connectivity index (χ4v) is 3.47. The summed E-state index contributed by atoms with van der Waals surface area (Å²) < 4.78 is 5.22. The van der Waals surface area contributed by atoms with E-state index in [2.05, 4.69) is 29.6 Å². The Morgan fingerprint density at radius 3 is 2.40 bits per heavy atom. The maximum absolute atomic E-state index is 6.12. The Kier molecular flexibility index (Phi) is 6.42. The normalized spacial score (nSPS) is 10.9. The molecule has 4 rings (SSSR count). The zero-order chi connectivity index (χ0) is 20.8. The molecule has 6 heteroatoms. The molecule has 1 aromatic heterocycles. The molecule has 3 aromatic carbocycles. The first-order chi connectivity index (χ1) is 14.7. The zero-order valence-electron chi connectivity index (χ0n) is 16.8. The highest BCUT2D eigenvalue weighted by Gasteiger charge is 2.13. The van der Waals surface area contributed by atoms with Crippen molar-refractivity contribution in [3.05, 3.63) is 101 Å². The second-order valence-corrected chi connectivity index (χ2v) is 7.41. The summed E-state index contributed by atoms with van der Waals surface area (Å²) in [6.07, 6.45) is 0. The van der Waals surface area contributed by atoms with Gasteiger partial charge in [0.15, 0.2) is 0 Å². The third-order valence-corrected chi connectivity index (χ3v) is 5.00. The third kappa shape index (κ3) is 5.06. The summed E-state index contributed by atoms with van der Waals surface area (Å²) in [6, 6.07) is 26.0. The summed E-state index contributed by atoms with van der Waals surface area (Å²) in [5.41, 5.74) is 5.10. The van der Waals surface area contributed by atoms with Gasteiger partial charge in [-0.3, -0.25) is 0 Å². The van der Waals surface area contributed by atoms with Crippen LogP contribution >= 0.6 is 11.6 Å².